The minimum Gasteiger partial charge on any atom is -0.480 e. The van der Waals surface area contributed by atoms with Crippen LogP contribution in [0, 0.1) is 0 Å². The van der Waals surface area contributed by atoms with E-state index >= 15 is 0 Å². The second kappa shape index (κ2) is 8.50. The monoisotopic (exact) mass is 416 g/mol. The molecule has 0 unspecified atom stereocenters. The Hall–Kier alpha value is -3.77. The number of carboxylic acids is 1. The van der Waals surface area contributed by atoms with E-state index in [1.54, 1.807) is 30.6 Å². The van der Waals surface area contributed by atoms with Gasteiger partial charge in [-0.25, -0.2) is 4.98 Å². The molecule has 0 aliphatic carbocycles. The number of hydrogen-bond acceptors (Lipinski definition) is 9. The predicted octanol–water partition coefficient (Wildman–Crippen LogP) is 1.72. The molecule has 2 heterocycles. The largest absolute Gasteiger partial charge is 0.480 e. The third-order valence-electron chi connectivity index (χ3n) is 3.57. The first-order chi connectivity index (χ1) is 13.8. The highest BCUT2D eigenvalue weighted by Crippen LogP contribution is 2.21. The SMILES string of the molecule is O=C(O)CNc1nc(NNc2ccc(S(=O)(=O)O)cc2)cc(-c2cccnc2)n1. The molecule has 12 heteroatoms. The van der Waals surface area contributed by atoms with Gasteiger partial charge in [0, 0.05) is 24.0 Å². The van der Waals surface area contributed by atoms with E-state index in [2.05, 4.69) is 31.1 Å². The third-order valence-corrected chi connectivity index (χ3v) is 4.44. The molecule has 0 radical (unpaired) electrons. The summed E-state index contributed by atoms with van der Waals surface area (Å²) in [5.74, 6) is -0.641. The van der Waals surface area contributed by atoms with Crippen LogP contribution < -0.4 is 16.2 Å². The van der Waals surface area contributed by atoms with Crippen LogP contribution in [-0.2, 0) is 14.9 Å². The van der Waals surface area contributed by atoms with Crippen LogP contribution in [0.15, 0.2) is 59.8 Å². The van der Waals surface area contributed by atoms with Gasteiger partial charge in [0.15, 0.2) is 5.82 Å². The van der Waals surface area contributed by atoms with Gasteiger partial charge in [-0.1, -0.05) is 0 Å². The molecule has 0 saturated heterocycles. The lowest BCUT2D eigenvalue weighted by atomic mass is 10.2. The fourth-order valence-electron chi connectivity index (χ4n) is 2.25. The molecular weight excluding hydrogens is 400 g/mol. The Morgan fingerprint density at radius 2 is 1.83 bits per heavy atom. The topological polar surface area (TPSA) is 166 Å². The van der Waals surface area contributed by atoms with Gasteiger partial charge in [-0.2, -0.15) is 13.4 Å². The molecule has 0 aliphatic rings. The van der Waals surface area contributed by atoms with Crippen LogP contribution in [0.25, 0.3) is 11.3 Å². The first-order valence-electron chi connectivity index (χ1n) is 8.16. The maximum Gasteiger partial charge on any atom is 0.322 e. The van der Waals surface area contributed by atoms with Crippen LogP contribution in [-0.4, -0.2) is 45.5 Å². The minimum atomic E-state index is -4.27. The molecule has 0 saturated carbocycles. The van der Waals surface area contributed by atoms with Gasteiger partial charge in [0.1, 0.15) is 6.54 Å². The van der Waals surface area contributed by atoms with E-state index in [-0.39, 0.29) is 17.4 Å². The molecule has 150 valence electrons. The Morgan fingerprint density at radius 3 is 2.45 bits per heavy atom. The predicted molar refractivity (Wildman–Crippen MR) is 105 cm³/mol. The van der Waals surface area contributed by atoms with Crippen molar-refractivity contribution in [3.63, 3.8) is 0 Å². The van der Waals surface area contributed by atoms with Gasteiger partial charge >= 0.3 is 5.97 Å². The van der Waals surface area contributed by atoms with E-state index in [4.69, 9.17) is 9.66 Å². The highest BCUT2D eigenvalue weighted by Gasteiger charge is 2.10. The fourth-order valence-corrected chi connectivity index (χ4v) is 2.73. The number of aliphatic carboxylic acids is 1. The number of benzene rings is 1. The molecule has 0 spiro atoms. The molecule has 0 amide bonds. The van der Waals surface area contributed by atoms with E-state index in [9.17, 15) is 13.2 Å². The second-order valence-electron chi connectivity index (χ2n) is 5.70. The third kappa shape index (κ3) is 5.60. The Labute approximate surface area is 165 Å². The fraction of sp³-hybridized carbons (Fsp3) is 0.0588. The summed E-state index contributed by atoms with van der Waals surface area (Å²) in [6, 6.07) is 10.5. The van der Waals surface area contributed by atoms with Crippen LogP contribution >= 0.6 is 0 Å². The molecule has 0 aliphatic heterocycles. The Balaban J connectivity index is 1.81. The number of rotatable bonds is 8. The van der Waals surface area contributed by atoms with E-state index in [0.29, 0.717) is 22.8 Å². The van der Waals surface area contributed by atoms with Gasteiger partial charge in [-0.15, -0.1) is 0 Å². The number of carbonyl (C=O) groups is 1. The van der Waals surface area contributed by atoms with Crippen LogP contribution in [0.5, 0.6) is 0 Å². The molecule has 0 fully saturated rings. The summed E-state index contributed by atoms with van der Waals surface area (Å²) >= 11 is 0. The summed E-state index contributed by atoms with van der Waals surface area (Å²) in [7, 11) is -4.27. The van der Waals surface area contributed by atoms with Crippen LogP contribution in [0.4, 0.5) is 17.5 Å². The number of carboxylic acid groups (broad SMARTS) is 1. The van der Waals surface area contributed by atoms with Crippen molar-refractivity contribution >= 4 is 33.5 Å². The molecule has 11 nitrogen and oxygen atoms in total. The smallest absolute Gasteiger partial charge is 0.322 e. The lowest BCUT2D eigenvalue weighted by Gasteiger charge is -2.12. The van der Waals surface area contributed by atoms with Crippen LogP contribution in [0.1, 0.15) is 0 Å². The maximum absolute atomic E-state index is 11.1. The van der Waals surface area contributed by atoms with Crippen molar-refractivity contribution in [1.29, 1.82) is 0 Å². The van der Waals surface area contributed by atoms with Crippen molar-refractivity contribution in [3.8, 4) is 11.3 Å². The number of hydrazine groups is 1. The number of aromatic nitrogens is 3. The molecular formula is C17H16N6O5S. The Bertz CT molecular complexity index is 1110. The molecule has 2 aromatic heterocycles. The number of anilines is 3. The quantitative estimate of drug-likeness (QED) is 0.268. The number of nitrogens with one attached hydrogen (secondary N) is 3. The Morgan fingerprint density at radius 1 is 1.07 bits per heavy atom. The Kier molecular flexibility index (Phi) is 5.85. The van der Waals surface area contributed by atoms with Gasteiger partial charge in [0.05, 0.1) is 16.3 Å². The summed E-state index contributed by atoms with van der Waals surface area (Å²) in [6.45, 7) is -0.361. The number of hydrogen-bond donors (Lipinski definition) is 5. The van der Waals surface area contributed by atoms with Gasteiger partial charge < -0.3 is 10.4 Å². The van der Waals surface area contributed by atoms with Crippen molar-refractivity contribution in [1.82, 2.24) is 15.0 Å². The van der Waals surface area contributed by atoms with Gasteiger partial charge in [0.2, 0.25) is 5.95 Å². The van der Waals surface area contributed by atoms with E-state index in [1.807, 2.05) is 0 Å². The van der Waals surface area contributed by atoms with Crippen molar-refractivity contribution in [2.75, 3.05) is 22.7 Å². The van der Waals surface area contributed by atoms with Gasteiger partial charge in [-0.3, -0.25) is 25.2 Å². The maximum atomic E-state index is 11.1. The average molecular weight is 416 g/mol. The van der Waals surface area contributed by atoms with Crippen LogP contribution in [0.3, 0.4) is 0 Å². The normalized spacial score (nSPS) is 10.9. The molecule has 1 aromatic carbocycles. The summed E-state index contributed by atoms with van der Waals surface area (Å²) in [4.78, 5) is 23.1. The molecule has 0 bridgehead atoms. The van der Waals surface area contributed by atoms with Crippen molar-refractivity contribution < 1.29 is 22.9 Å². The molecule has 0 atom stereocenters. The standard InChI is InChI=1S/C17H16N6O5S/c24-16(25)10-19-17-20-14(11-2-1-7-18-9-11)8-15(21-17)23-22-12-3-5-13(6-4-12)29(26,27)28/h1-9,22H,10H2,(H,24,25)(H,26,27,28)(H2,19,20,21,23). The highest BCUT2D eigenvalue weighted by molar-refractivity contribution is 7.85. The number of nitrogens with zero attached hydrogens (tertiary/aromatic N) is 3. The van der Waals surface area contributed by atoms with Crippen LogP contribution in [0.2, 0.25) is 0 Å². The first kappa shape index (κ1) is 20.0. The minimum absolute atomic E-state index is 0.0970. The lowest BCUT2D eigenvalue weighted by Crippen LogP contribution is -2.16. The van der Waals surface area contributed by atoms with Crippen molar-refractivity contribution in [3.05, 3.63) is 54.9 Å². The van der Waals surface area contributed by atoms with Gasteiger partial charge in [0.25, 0.3) is 10.1 Å². The van der Waals surface area contributed by atoms with Crippen molar-refractivity contribution in [2.24, 2.45) is 0 Å². The zero-order chi connectivity index (χ0) is 20.9. The molecule has 29 heavy (non-hydrogen) atoms. The average Bonchev–Trinajstić information content (AvgIpc) is 2.71. The zero-order valence-electron chi connectivity index (χ0n) is 14.8. The van der Waals surface area contributed by atoms with E-state index < -0.39 is 16.1 Å². The molecule has 3 aromatic rings. The summed E-state index contributed by atoms with van der Waals surface area (Å²) in [5.41, 5.74) is 7.38. The van der Waals surface area contributed by atoms with Crippen molar-refractivity contribution in [2.45, 2.75) is 4.90 Å². The lowest BCUT2D eigenvalue weighted by molar-refractivity contribution is -0.134. The molecule has 3 rings (SSSR count). The second-order valence-corrected chi connectivity index (χ2v) is 7.12. The van der Waals surface area contributed by atoms with Gasteiger partial charge in [-0.05, 0) is 36.4 Å². The first-order valence-corrected chi connectivity index (χ1v) is 9.60. The summed E-state index contributed by atoms with van der Waals surface area (Å²) in [6.07, 6.45) is 3.22. The molecule has 5 N–H and O–H groups in total. The van der Waals surface area contributed by atoms with E-state index in [1.165, 1.54) is 24.3 Å². The highest BCUT2D eigenvalue weighted by atomic mass is 32.2. The number of pyridine rings is 1. The zero-order valence-corrected chi connectivity index (χ0v) is 15.6. The van der Waals surface area contributed by atoms with E-state index in [0.717, 1.165) is 0 Å². The summed E-state index contributed by atoms with van der Waals surface area (Å²) in [5, 5.41) is 11.5. The summed E-state index contributed by atoms with van der Waals surface area (Å²) < 4.78 is 31.2.